The van der Waals surface area contributed by atoms with Crippen molar-refractivity contribution in [3.05, 3.63) is 0 Å². The van der Waals surface area contributed by atoms with Gasteiger partial charge in [0.25, 0.3) is 0 Å². The minimum absolute atomic E-state index is 0.0390. The first-order chi connectivity index (χ1) is 5.66. The monoisotopic (exact) mass is 173 g/mol. The predicted molar refractivity (Wildman–Crippen MR) is 49.8 cm³/mol. The molecule has 0 aromatic heterocycles. The zero-order valence-electron chi connectivity index (χ0n) is 7.89. The molecule has 72 valence electrons. The third kappa shape index (κ3) is 7.50. The van der Waals surface area contributed by atoms with Crippen molar-refractivity contribution in [1.29, 1.82) is 0 Å². The second-order valence-electron chi connectivity index (χ2n) is 3.03. The van der Waals surface area contributed by atoms with Gasteiger partial charge in [0.2, 0.25) is 5.91 Å². The highest BCUT2D eigenvalue weighted by Gasteiger charge is 1.99. The average molecular weight is 173 g/mol. The highest BCUT2D eigenvalue weighted by atomic mass is 16.1. The number of carbonyl (C=O) groups excluding carboxylic acids is 1. The summed E-state index contributed by atoms with van der Waals surface area (Å²) in [4.78, 5) is 11.0. The van der Waals surface area contributed by atoms with Crippen LogP contribution in [0.15, 0.2) is 0 Å². The van der Waals surface area contributed by atoms with E-state index < -0.39 is 0 Å². The van der Waals surface area contributed by atoms with Crippen molar-refractivity contribution in [2.45, 2.75) is 26.3 Å². The van der Waals surface area contributed by atoms with E-state index in [4.69, 9.17) is 5.73 Å². The lowest BCUT2D eigenvalue weighted by Crippen LogP contribution is -2.37. The third-order valence-corrected chi connectivity index (χ3v) is 1.37. The molecule has 0 rings (SSSR count). The van der Waals surface area contributed by atoms with Crippen LogP contribution in [0.1, 0.15) is 20.3 Å². The molecule has 0 unspecified atom stereocenters. The Labute approximate surface area is 73.9 Å². The normalized spacial score (nSPS) is 10.3. The van der Waals surface area contributed by atoms with Crippen molar-refractivity contribution in [1.82, 2.24) is 10.6 Å². The fourth-order valence-corrected chi connectivity index (χ4v) is 0.689. The highest BCUT2D eigenvalue weighted by Crippen LogP contribution is 1.75. The molecule has 0 radical (unpaired) electrons. The molecular weight excluding hydrogens is 154 g/mol. The summed E-state index contributed by atoms with van der Waals surface area (Å²) >= 11 is 0. The second kappa shape index (κ2) is 7.06. The Bertz CT molecular complexity index is 125. The summed E-state index contributed by atoms with van der Waals surface area (Å²) in [6, 6.07) is 0.352. The molecule has 0 aromatic carbocycles. The van der Waals surface area contributed by atoms with Crippen LogP contribution in [0.2, 0.25) is 0 Å². The van der Waals surface area contributed by atoms with Gasteiger partial charge >= 0.3 is 0 Å². The Morgan fingerprint density at radius 3 is 2.67 bits per heavy atom. The molecule has 0 fully saturated rings. The fourth-order valence-electron chi connectivity index (χ4n) is 0.689. The lowest BCUT2D eigenvalue weighted by Gasteiger charge is -2.07. The van der Waals surface area contributed by atoms with E-state index in [-0.39, 0.29) is 5.91 Å². The summed E-state index contributed by atoms with van der Waals surface area (Å²) in [5.74, 6) is 0.0390. The summed E-state index contributed by atoms with van der Waals surface area (Å²) in [7, 11) is 0. The third-order valence-electron chi connectivity index (χ3n) is 1.37. The Hall–Kier alpha value is -0.610. The summed E-state index contributed by atoms with van der Waals surface area (Å²) in [6.07, 6.45) is 0.841. The number of hydrogen-bond donors (Lipinski definition) is 3. The van der Waals surface area contributed by atoms with Gasteiger partial charge in [-0.1, -0.05) is 13.8 Å². The Morgan fingerprint density at radius 2 is 2.17 bits per heavy atom. The Kier molecular flexibility index (Phi) is 6.70. The van der Waals surface area contributed by atoms with Gasteiger partial charge in [-0.25, -0.2) is 0 Å². The van der Waals surface area contributed by atoms with Crippen LogP contribution in [0.4, 0.5) is 0 Å². The van der Waals surface area contributed by atoms with E-state index in [9.17, 15) is 4.79 Å². The highest BCUT2D eigenvalue weighted by molar-refractivity contribution is 5.77. The number of amides is 1. The molecular formula is C8H19N3O. The summed E-state index contributed by atoms with van der Waals surface area (Å²) < 4.78 is 0. The van der Waals surface area contributed by atoms with Gasteiger partial charge in [-0.3, -0.25) is 4.79 Å². The van der Waals surface area contributed by atoms with Gasteiger partial charge < -0.3 is 16.4 Å². The molecule has 0 aliphatic heterocycles. The van der Waals surface area contributed by atoms with Crippen LogP contribution >= 0.6 is 0 Å². The molecule has 0 aliphatic rings. The number of nitrogens with two attached hydrogens (primary N) is 1. The van der Waals surface area contributed by atoms with Crippen LogP contribution in [0.3, 0.4) is 0 Å². The minimum atomic E-state index is 0.0390. The largest absolute Gasteiger partial charge is 0.355 e. The fraction of sp³-hybridized carbons (Fsp3) is 0.875. The second-order valence-corrected chi connectivity index (χ2v) is 3.03. The molecule has 0 spiro atoms. The first-order valence-corrected chi connectivity index (χ1v) is 4.37. The van der Waals surface area contributed by atoms with E-state index in [0.717, 1.165) is 6.42 Å². The van der Waals surface area contributed by atoms with E-state index in [1.165, 1.54) is 0 Å². The molecule has 12 heavy (non-hydrogen) atoms. The molecule has 4 heteroatoms. The van der Waals surface area contributed by atoms with Gasteiger partial charge in [-0.05, 0) is 13.0 Å². The van der Waals surface area contributed by atoms with E-state index >= 15 is 0 Å². The maximum absolute atomic E-state index is 11.0. The molecule has 1 amide bonds. The molecule has 0 aliphatic carbocycles. The van der Waals surface area contributed by atoms with Gasteiger partial charge in [0.05, 0.1) is 6.54 Å². The molecule has 0 aromatic rings. The molecule has 0 saturated heterocycles. The number of rotatable bonds is 6. The topological polar surface area (TPSA) is 67.2 Å². The van der Waals surface area contributed by atoms with E-state index in [0.29, 0.717) is 25.7 Å². The van der Waals surface area contributed by atoms with Crippen molar-refractivity contribution < 1.29 is 4.79 Å². The van der Waals surface area contributed by atoms with Crippen molar-refractivity contribution in [2.75, 3.05) is 19.6 Å². The van der Waals surface area contributed by atoms with Gasteiger partial charge in [0, 0.05) is 12.6 Å². The van der Waals surface area contributed by atoms with E-state index in [1.54, 1.807) is 0 Å². The quantitative estimate of drug-likeness (QED) is 0.472. The number of nitrogens with one attached hydrogen (secondary N) is 2. The molecule has 4 nitrogen and oxygen atoms in total. The van der Waals surface area contributed by atoms with Crippen molar-refractivity contribution in [3.8, 4) is 0 Å². The number of carbonyl (C=O) groups is 1. The minimum Gasteiger partial charge on any atom is -0.355 e. The summed E-state index contributed by atoms with van der Waals surface area (Å²) in [5.41, 5.74) is 5.27. The van der Waals surface area contributed by atoms with Crippen LogP contribution in [0.5, 0.6) is 0 Å². The summed E-state index contributed by atoms with van der Waals surface area (Å²) in [6.45, 7) is 5.70. The zero-order chi connectivity index (χ0) is 9.40. The van der Waals surface area contributed by atoms with Crippen LogP contribution in [0, 0.1) is 0 Å². The maximum Gasteiger partial charge on any atom is 0.233 e. The Morgan fingerprint density at radius 1 is 1.50 bits per heavy atom. The standard InChI is InChI=1S/C8H19N3O/c1-7(2)11-6-8(12)10-5-3-4-9/h7,11H,3-6,9H2,1-2H3,(H,10,12). The van der Waals surface area contributed by atoms with Gasteiger partial charge in [0.1, 0.15) is 0 Å². The van der Waals surface area contributed by atoms with Gasteiger partial charge in [-0.2, -0.15) is 0 Å². The van der Waals surface area contributed by atoms with Gasteiger partial charge in [-0.15, -0.1) is 0 Å². The van der Waals surface area contributed by atoms with Crippen LogP contribution in [0.25, 0.3) is 0 Å². The SMILES string of the molecule is CC(C)NCC(=O)NCCCN. The van der Waals surface area contributed by atoms with Gasteiger partial charge in [0.15, 0.2) is 0 Å². The molecule has 0 saturated carbocycles. The lowest BCUT2D eigenvalue weighted by atomic mass is 10.4. The first kappa shape index (κ1) is 11.4. The van der Waals surface area contributed by atoms with Crippen molar-refractivity contribution >= 4 is 5.91 Å². The lowest BCUT2D eigenvalue weighted by molar-refractivity contribution is -0.120. The van der Waals surface area contributed by atoms with E-state index in [2.05, 4.69) is 10.6 Å². The molecule has 0 bridgehead atoms. The maximum atomic E-state index is 11.0. The van der Waals surface area contributed by atoms with Crippen LogP contribution < -0.4 is 16.4 Å². The molecule has 0 atom stereocenters. The van der Waals surface area contributed by atoms with Crippen molar-refractivity contribution in [3.63, 3.8) is 0 Å². The average Bonchev–Trinajstić information content (AvgIpc) is 2.01. The predicted octanol–water partition coefficient (Wildman–Crippen LogP) is -0.551. The van der Waals surface area contributed by atoms with Crippen LogP contribution in [-0.4, -0.2) is 31.6 Å². The number of hydrogen-bond acceptors (Lipinski definition) is 3. The summed E-state index contributed by atoms with van der Waals surface area (Å²) in [5, 5.41) is 5.79. The smallest absolute Gasteiger partial charge is 0.233 e. The van der Waals surface area contributed by atoms with Crippen molar-refractivity contribution in [2.24, 2.45) is 5.73 Å². The zero-order valence-corrected chi connectivity index (χ0v) is 7.89. The molecule has 0 heterocycles. The first-order valence-electron chi connectivity index (χ1n) is 4.37. The Balaban J connectivity index is 3.22. The van der Waals surface area contributed by atoms with E-state index in [1.807, 2.05) is 13.8 Å². The molecule has 4 N–H and O–H groups in total. The van der Waals surface area contributed by atoms with Crippen LogP contribution in [-0.2, 0) is 4.79 Å².